The van der Waals surface area contributed by atoms with Gasteiger partial charge in [-0.1, -0.05) is 6.42 Å². The maximum absolute atomic E-state index is 11.8. The van der Waals surface area contributed by atoms with Gasteiger partial charge in [0.2, 0.25) is 5.91 Å². The SMILES string of the molecule is NCC1CCCC1C(=O)NCCOCC(=O)O. The van der Waals surface area contributed by atoms with Gasteiger partial charge >= 0.3 is 5.97 Å². The minimum Gasteiger partial charge on any atom is -0.480 e. The van der Waals surface area contributed by atoms with Crippen molar-refractivity contribution in [1.29, 1.82) is 0 Å². The first-order chi connectivity index (χ1) is 8.15. The van der Waals surface area contributed by atoms with Crippen LogP contribution >= 0.6 is 0 Å². The Bertz CT molecular complexity index is 270. The lowest BCUT2D eigenvalue weighted by Crippen LogP contribution is -2.36. The van der Waals surface area contributed by atoms with Crippen molar-refractivity contribution < 1.29 is 19.4 Å². The maximum Gasteiger partial charge on any atom is 0.329 e. The number of ether oxygens (including phenoxy) is 1. The normalized spacial score (nSPS) is 23.6. The minimum atomic E-state index is -1.00. The molecule has 0 spiro atoms. The van der Waals surface area contributed by atoms with E-state index in [9.17, 15) is 9.59 Å². The molecule has 0 bridgehead atoms. The fourth-order valence-electron chi connectivity index (χ4n) is 2.20. The molecule has 2 unspecified atom stereocenters. The van der Waals surface area contributed by atoms with Crippen LogP contribution in [0.15, 0.2) is 0 Å². The molecule has 0 heterocycles. The van der Waals surface area contributed by atoms with E-state index in [0.29, 0.717) is 13.1 Å². The summed E-state index contributed by atoms with van der Waals surface area (Å²) in [5.74, 6) is -0.693. The van der Waals surface area contributed by atoms with Gasteiger partial charge in [0.1, 0.15) is 6.61 Å². The van der Waals surface area contributed by atoms with Crippen LogP contribution in [0.3, 0.4) is 0 Å². The zero-order chi connectivity index (χ0) is 12.7. The number of amides is 1. The molecule has 0 aromatic heterocycles. The molecule has 1 rings (SSSR count). The zero-order valence-corrected chi connectivity index (χ0v) is 9.85. The smallest absolute Gasteiger partial charge is 0.329 e. The monoisotopic (exact) mass is 244 g/mol. The molecule has 6 heteroatoms. The number of nitrogens with two attached hydrogens (primary N) is 1. The van der Waals surface area contributed by atoms with Crippen molar-refractivity contribution in [2.24, 2.45) is 17.6 Å². The number of carbonyl (C=O) groups excluding carboxylic acids is 1. The van der Waals surface area contributed by atoms with Crippen molar-refractivity contribution in [3.8, 4) is 0 Å². The summed E-state index contributed by atoms with van der Waals surface area (Å²) in [7, 11) is 0. The highest BCUT2D eigenvalue weighted by Gasteiger charge is 2.31. The lowest BCUT2D eigenvalue weighted by Gasteiger charge is -2.17. The van der Waals surface area contributed by atoms with Gasteiger partial charge in [0.15, 0.2) is 0 Å². The van der Waals surface area contributed by atoms with Crippen LogP contribution in [0.25, 0.3) is 0 Å². The van der Waals surface area contributed by atoms with Gasteiger partial charge in [-0.25, -0.2) is 4.79 Å². The Hall–Kier alpha value is -1.14. The van der Waals surface area contributed by atoms with E-state index < -0.39 is 5.97 Å². The summed E-state index contributed by atoms with van der Waals surface area (Å²) in [6.45, 7) is 0.788. The third kappa shape index (κ3) is 4.70. The van der Waals surface area contributed by atoms with E-state index in [-0.39, 0.29) is 31.0 Å². The van der Waals surface area contributed by atoms with Crippen LogP contribution in [0.4, 0.5) is 0 Å². The van der Waals surface area contributed by atoms with Gasteiger partial charge in [-0.2, -0.15) is 0 Å². The number of carboxylic acids is 1. The van der Waals surface area contributed by atoms with E-state index in [0.717, 1.165) is 19.3 Å². The molecule has 17 heavy (non-hydrogen) atoms. The van der Waals surface area contributed by atoms with Crippen molar-refractivity contribution in [1.82, 2.24) is 5.32 Å². The number of aliphatic carboxylic acids is 1. The number of carbonyl (C=O) groups is 2. The summed E-state index contributed by atoms with van der Waals surface area (Å²) in [5, 5.41) is 11.1. The second-order valence-electron chi connectivity index (χ2n) is 4.27. The summed E-state index contributed by atoms with van der Waals surface area (Å²) in [6, 6.07) is 0. The highest BCUT2D eigenvalue weighted by Crippen LogP contribution is 2.30. The van der Waals surface area contributed by atoms with E-state index in [1.807, 2.05) is 0 Å². The Morgan fingerprint density at radius 2 is 2.18 bits per heavy atom. The quantitative estimate of drug-likeness (QED) is 0.528. The molecule has 1 aliphatic carbocycles. The minimum absolute atomic E-state index is 0.0110. The predicted octanol–water partition coefficient (Wildman–Crippen LogP) is -0.421. The second-order valence-corrected chi connectivity index (χ2v) is 4.27. The Labute approximate surface area is 101 Å². The van der Waals surface area contributed by atoms with Gasteiger partial charge in [-0.15, -0.1) is 0 Å². The maximum atomic E-state index is 11.8. The number of rotatable bonds is 7. The third-order valence-corrected chi connectivity index (χ3v) is 3.07. The van der Waals surface area contributed by atoms with E-state index in [4.69, 9.17) is 15.6 Å². The summed E-state index contributed by atoms with van der Waals surface area (Å²) >= 11 is 0. The summed E-state index contributed by atoms with van der Waals surface area (Å²) in [5.41, 5.74) is 5.60. The van der Waals surface area contributed by atoms with Crippen molar-refractivity contribution in [3.63, 3.8) is 0 Å². The molecular weight excluding hydrogens is 224 g/mol. The predicted molar refractivity (Wildman–Crippen MR) is 61.3 cm³/mol. The summed E-state index contributed by atoms with van der Waals surface area (Å²) in [4.78, 5) is 21.9. The topological polar surface area (TPSA) is 102 Å². The molecule has 1 fully saturated rings. The van der Waals surface area contributed by atoms with E-state index in [1.165, 1.54) is 0 Å². The van der Waals surface area contributed by atoms with Crippen molar-refractivity contribution in [3.05, 3.63) is 0 Å². The van der Waals surface area contributed by atoms with Gasteiger partial charge in [0.25, 0.3) is 0 Å². The van der Waals surface area contributed by atoms with Crippen LogP contribution in [0.5, 0.6) is 0 Å². The Kier molecular flexibility index (Phi) is 5.93. The molecule has 1 amide bonds. The van der Waals surface area contributed by atoms with Crippen molar-refractivity contribution in [2.45, 2.75) is 19.3 Å². The lowest BCUT2D eigenvalue weighted by molar-refractivity contribution is -0.142. The molecule has 0 aromatic rings. The van der Waals surface area contributed by atoms with E-state index in [1.54, 1.807) is 0 Å². The second kappa shape index (κ2) is 7.24. The molecule has 98 valence electrons. The molecule has 1 saturated carbocycles. The molecule has 0 saturated heterocycles. The van der Waals surface area contributed by atoms with E-state index >= 15 is 0 Å². The highest BCUT2D eigenvalue weighted by molar-refractivity contribution is 5.79. The van der Waals surface area contributed by atoms with Crippen LogP contribution in [0.1, 0.15) is 19.3 Å². The highest BCUT2D eigenvalue weighted by atomic mass is 16.5. The number of carboxylic acid groups (broad SMARTS) is 1. The van der Waals surface area contributed by atoms with Crippen LogP contribution < -0.4 is 11.1 Å². The van der Waals surface area contributed by atoms with Crippen LogP contribution in [0.2, 0.25) is 0 Å². The molecule has 6 nitrogen and oxygen atoms in total. The average molecular weight is 244 g/mol. The van der Waals surface area contributed by atoms with Crippen LogP contribution in [0, 0.1) is 11.8 Å². The first kappa shape index (κ1) is 13.9. The first-order valence-corrected chi connectivity index (χ1v) is 5.92. The van der Waals surface area contributed by atoms with Gasteiger partial charge in [0.05, 0.1) is 6.61 Å². The molecule has 0 aromatic carbocycles. The first-order valence-electron chi connectivity index (χ1n) is 5.92. The molecule has 0 aliphatic heterocycles. The van der Waals surface area contributed by atoms with Gasteiger partial charge in [-0.3, -0.25) is 4.79 Å². The molecule has 0 radical (unpaired) electrons. The Morgan fingerprint density at radius 3 is 2.82 bits per heavy atom. The molecule has 4 N–H and O–H groups in total. The van der Waals surface area contributed by atoms with Gasteiger partial charge in [-0.05, 0) is 25.3 Å². The molecule has 2 atom stereocenters. The van der Waals surface area contributed by atoms with Crippen LogP contribution in [-0.4, -0.2) is 43.3 Å². The number of hydrogen-bond acceptors (Lipinski definition) is 4. The van der Waals surface area contributed by atoms with Crippen LogP contribution in [-0.2, 0) is 14.3 Å². The van der Waals surface area contributed by atoms with Crippen molar-refractivity contribution in [2.75, 3.05) is 26.3 Å². The fourth-order valence-corrected chi connectivity index (χ4v) is 2.20. The molecule has 1 aliphatic rings. The zero-order valence-electron chi connectivity index (χ0n) is 9.85. The van der Waals surface area contributed by atoms with Gasteiger partial charge in [0, 0.05) is 12.5 Å². The largest absolute Gasteiger partial charge is 0.480 e. The fraction of sp³-hybridized carbons (Fsp3) is 0.818. The third-order valence-electron chi connectivity index (χ3n) is 3.07. The molecular formula is C11H20N2O4. The average Bonchev–Trinajstić information content (AvgIpc) is 2.75. The number of nitrogens with one attached hydrogen (secondary N) is 1. The summed E-state index contributed by atoms with van der Waals surface area (Å²) in [6.07, 6.45) is 2.96. The van der Waals surface area contributed by atoms with Crippen molar-refractivity contribution >= 4 is 11.9 Å². The lowest BCUT2D eigenvalue weighted by atomic mass is 9.95. The standard InChI is InChI=1S/C11H20N2O4/c12-6-8-2-1-3-9(8)11(16)13-4-5-17-7-10(14)15/h8-9H,1-7,12H2,(H,13,16)(H,14,15). The number of hydrogen-bond donors (Lipinski definition) is 3. The summed E-state index contributed by atoms with van der Waals surface area (Å²) < 4.78 is 4.82. The Balaban J connectivity index is 2.14. The Morgan fingerprint density at radius 1 is 1.41 bits per heavy atom. The van der Waals surface area contributed by atoms with E-state index in [2.05, 4.69) is 5.32 Å². The van der Waals surface area contributed by atoms with Gasteiger partial charge < -0.3 is 20.9 Å².